The molecule has 1 aromatic rings. The van der Waals surface area contributed by atoms with Gasteiger partial charge in [0.15, 0.2) is 0 Å². The van der Waals surface area contributed by atoms with Gasteiger partial charge in [-0.05, 0) is 12.1 Å². The van der Waals surface area contributed by atoms with Gasteiger partial charge in [-0.15, -0.1) is 0 Å². The molecule has 0 aromatic carbocycles. The lowest BCUT2D eigenvalue weighted by Gasteiger charge is -1.98. The number of nitrogens with one attached hydrogen (secondary N) is 1. The first kappa shape index (κ1) is 9.91. The van der Waals surface area contributed by atoms with E-state index in [4.69, 9.17) is 5.11 Å². The second kappa shape index (κ2) is 4.76. The Bertz CT molecular complexity index is 360. The van der Waals surface area contributed by atoms with E-state index in [-0.39, 0.29) is 0 Å². The Morgan fingerprint density at radius 1 is 1.43 bits per heavy atom. The number of carbonyl (C=O) groups excluding carboxylic acids is 1. The number of anilines is 1. The normalized spacial score (nSPS) is 10.0. The number of aromatic nitrogens is 1. The first-order valence-corrected chi connectivity index (χ1v) is 3.80. The molecule has 0 radical (unpaired) electrons. The van der Waals surface area contributed by atoms with Crippen LogP contribution in [0.1, 0.15) is 0 Å². The van der Waals surface area contributed by atoms with Gasteiger partial charge in [-0.25, -0.2) is 4.79 Å². The Morgan fingerprint density at radius 2 is 2.21 bits per heavy atom. The molecule has 0 aliphatic rings. The lowest BCUT2D eigenvalue weighted by molar-refractivity contribution is -0.131. The van der Waals surface area contributed by atoms with Crippen molar-refractivity contribution in [2.75, 3.05) is 5.32 Å². The minimum Gasteiger partial charge on any atom is -0.478 e. The number of amides is 1. The fraction of sp³-hybridized carbons (Fsp3) is 0. The minimum absolute atomic E-state index is 0.500. The van der Waals surface area contributed by atoms with Crippen molar-refractivity contribution >= 4 is 17.6 Å². The summed E-state index contributed by atoms with van der Waals surface area (Å²) in [5.74, 6) is -1.66. The van der Waals surface area contributed by atoms with Crippen LogP contribution in [0.3, 0.4) is 0 Å². The summed E-state index contributed by atoms with van der Waals surface area (Å²) >= 11 is 0. The Labute approximate surface area is 80.1 Å². The van der Waals surface area contributed by atoms with Crippen LogP contribution < -0.4 is 5.32 Å². The molecule has 1 amide bonds. The van der Waals surface area contributed by atoms with E-state index < -0.39 is 11.9 Å². The number of carboxylic acids is 1. The maximum atomic E-state index is 11.0. The average Bonchev–Trinajstić information content (AvgIpc) is 2.16. The smallest absolute Gasteiger partial charge is 0.328 e. The largest absolute Gasteiger partial charge is 0.478 e. The zero-order valence-corrected chi connectivity index (χ0v) is 7.18. The summed E-state index contributed by atoms with van der Waals surface area (Å²) in [7, 11) is 0. The fourth-order valence-corrected chi connectivity index (χ4v) is 0.768. The minimum atomic E-state index is -1.16. The molecule has 0 unspecified atom stereocenters. The van der Waals surface area contributed by atoms with Gasteiger partial charge in [0.25, 0.3) is 0 Å². The highest BCUT2D eigenvalue weighted by molar-refractivity contribution is 6.02. The Kier molecular flexibility index (Phi) is 3.37. The van der Waals surface area contributed by atoms with Crippen molar-refractivity contribution in [3.05, 3.63) is 36.7 Å². The van der Waals surface area contributed by atoms with Crippen molar-refractivity contribution in [3.8, 4) is 0 Å². The van der Waals surface area contributed by atoms with Crippen LogP contribution in [-0.2, 0) is 9.59 Å². The zero-order chi connectivity index (χ0) is 10.4. The third-order valence-electron chi connectivity index (χ3n) is 1.31. The predicted octanol–water partition coefficient (Wildman–Crippen LogP) is 0.661. The number of carboxylic acid groups (broad SMARTS) is 1. The first-order valence-electron chi connectivity index (χ1n) is 3.80. The van der Waals surface area contributed by atoms with E-state index in [1.54, 1.807) is 18.3 Å². The van der Waals surface area contributed by atoms with Crippen LogP contribution >= 0.6 is 0 Å². The number of carbonyl (C=O) groups is 2. The first-order chi connectivity index (χ1) is 6.68. The topological polar surface area (TPSA) is 79.3 Å². The highest BCUT2D eigenvalue weighted by atomic mass is 16.4. The second-order valence-electron chi connectivity index (χ2n) is 2.40. The van der Waals surface area contributed by atoms with Gasteiger partial charge in [0.05, 0.1) is 11.9 Å². The van der Waals surface area contributed by atoms with Gasteiger partial charge in [0.1, 0.15) is 0 Å². The van der Waals surface area contributed by atoms with Gasteiger partial charge in [-0.1, -0.05) is 0 Å². The number of pyridine rings is 1. The fourth-order valence-electron chi connectivity index (χ4n) is 0.768. The summed E-state index contributed by atoms with van der Waals surface area (Å²) in [6, 6.07) is 3.32. The van der Waals surface area contributed by atoms with E-state index in [0.29, 0.717) is 5.69 Å². The molecule has 0 bridgehead atoms. The number of nitrogens with zero attached hydrogens (tertiary/aromatic N) is 1. The summed E-state index contributed by atoms with van der Waals surface area (Å²) in [4.78, 5) is 24.9. The van der Waals surface area contributed by atoms with E-state index in [9.17, 15) is 9.59 Å². The molecule has 0 spiro atoms. The van der Waals surface area contributed by atoms with Crippen LogP contribution in [0.5, 0.6) is 0 Å². The molecular formula is C9H8N2O3. The molecule has 0 atom stereocenters. The number of hydrogen-bond donors (Lipinski definition) is 2. The molecule has 0 saturated carbocycles. The molecule has 0 saturated heterocycles. The van der Waals surface area contributed by atoms with Crippen molar-refractivity contribution < 1.29 is 14.7 Å². The Hall–Kier alpha value is -2.17. The lowest BCUT2D eigenvalue weighted by atomic mass is 10.4. The molecule has 1 rings (SSSR count). The van der Waals surface area contributed by atoms with Gasteiger partial charge in [-0.2, -0.15) is 0 Å². The zero-order valence-electron chi connectivity index (χ0n) is 7.18. The van der Waals surface area contributed by atoms with Crippen LogP contribution in [0.2, 0.25) is 0 Å². The molecule has 0 fully saturated rings. The third kappa shape index (κ3) is 3.48. The van der Waals surface area contributed by atoms with E-state index in [1.807, 2.05) is 0 Å². The molecule has 1 heterocycles. The van der Waals surface area contributed by atoms with Crippen LogP contribution in [-0.4, -0.2) is 22.0 Å². The summed E-state index contributed by atoms with van der Waals surface area (Å²) in [5.41, 5.74) is 0.521. The van der Waals surface area contributed by atoms with Gasteiger partial charge in [-0.3, -0.25) is 9.78 Å². The summed E-state index contributed by atoms with van der Waals surface area (Å²) < 4.78 is 0. The summed E-state index contributed by atoms with van der Waals surface area (Å²) in [6.45, 7) is 0. The van der Waals surface area contributed by atoms with Crippen molar-refractivity contribution in [1.82, 2.24) is 4.98 Å². The van der Waals surface area contributed by atoms with E-state index in [2.05, 4.69) is 10.3 Å². The molecule has 0 aliphatic carbocycles. The number of rotatable bonds is 3. The number of aliphatic carboxylic acids is 1. The highest BCUT2D eigenvalue weighted by Crippen LogP contribution is 2.01. The van der Waals surface area contributed by atoms with Crippen LogP contribution in [0.4, 0.5) is 5.69 Å². The maximum Gasteiger partial charge on any atom is 0.328 e. The summed E-state index contributed by atoms with van der Waals surface area (Å²) in [5, 5.41) is 10.7. The number of hydrogen-bond acceptors (Lipinski definition) is 3. The molecule has 14 heavy (non-hydrogen) atoms. The van der Waals surface area contributed by atoms with E-state index in [1.165, 1.54) is 6.20 Å². The van der Waals surface area contributed by atoms with Crippen LogP contribution in [0.15, 0.2) is 36.7 Å². The van der Waals surface area contributed by atoms with Gasteiger partial charge in [0.2, 0.25) is 5.91 Å². The van der Waals surface area contributed by atoms with Crippen molar-refractivity contribution in [2.24, 2.45) is 0 Å². The molecule has 72 valence electrons. The monoisotopic (exact) mass is 192 g/mol. The standard InChI is InChI=1S/C9H8N2O3/c12-8(3-4-9(13)14)11-7-2-1-5-10-6-7/h1-6H,(H,11,12)(H,13,14)/b4-3+. The second-order valence-corrected chi connectivity index (χ2v) is 2.40. The van der Waals surface area contributed by atoms with Crippen molar-refractivity contribution in [2.45, 2.75) is 0 Å². The van der Waals surface area contributed by atoms with Gasteiger partial charge < -0.3 is 10.4 Å². The molecule has 0 aliphatic heterocycles. The molecule has 2 N–H and O–H groups in total. The quantitative estimate of drug-likeness (QED) is 0.689. The van der Waals surface area contributed by atoms with E-state index >= 15 is 0 Å². The summed E-state index contributed by atoms with van der Waals surface area (Å²) in [6.07, 6.45) is 4.75. The van der Waals surface area contributed by atoms with Crippen molar-refractivity contribution in [1.29, 1.82) is 0 Å². The van der Waals surface area contributed by atoms with Crippen LogP contribution in [0.25, 0.3) is 0 Å². The predicted molar refractivity (Wildman–Crippen MR) is 49.6 cm³/mol. The maximum absolute atomic E-state index is 11.0. The van der Waals surface area contributed by atoms with Gasteiger partial charge >= 0.3 is 5.97 Å². The Balaban J connectivity index is 2.54. The molecule has 1 aromatic heterocycles. The average molecular weight is 192 g/mol. The van der Waals surface area contributed by atoms with Crippen molar-refractivity contribution in [3.63, 3.8) is 0 Å². The SMILES string of the molecule is O=C(O)/C=C/C(=O)Nc1cccnc1. The third-order valence-corrected chi connectivity index (χ3v) is 1.31. The lowest BCUT2D eigenvalue weighted by Crippen LogP contribution is -2.08. The van der Waals surface area contributed by atoms with E-state index in [0.717, 1.165) is 12.2 Å². The molecule has 5 heteroatoms. The molecular weight excluding hydrogens is 184 g/mol. The van der Waals surface area contributed by atoms with Gasteiger partial charge in [0, 0.05) is 18.3 Å². The molecule has 5 nitrogen and oxygen atoms in total. The highest BCUT2D eigenvalue weighted by Gasteiger charge is 1.97. The van der Waals surface area contributed by atoms with Crippen LogP contribution in [0, 0.1) is 0 Å². The Morgan fingerprint density at radius 3 is 2.79 bits per heavy atom.